The lowest BCUT2D eigenvalue weighted by atomic mass is 9.83. The van der Waals surface area contributed by atoms with Crippen LogP contribution in [0.25, 0.3) is 0 Å². The van der Waals surface area contributed by atoms with Crippen molar-refractivity contribution in [1.29, 1.82) is 0 Å². The van der Waals surface area contributed by atoms with E-state index in [4.69, 9.17) is 23.7 Å². The number of benzene rings is 5. The Morgan fingerprint density at radius 2 is 0.489 bits per heavy atom. The van der Waals surface area contributed by atoms with Gasteiger partial charge in [-0.3, -0.25) is 0 Å². The molecule has 6 nitrogen and oxygen atoms in total. The summed E-state index contributed by atoms with van der Waals surface area (Å²) in [5.74, 6) is 0. The molecule has 0 saturated heterocycles. The third-order valence-electron chi connectivity index (χ3n) is 8.39. The minimum absolute atomic E-state index is 0.292. The van der Waals surface area contributed by atoms with E-state index in [1.54, 1.807) is 0 Å². The van der Waals surface area contributed by atoms with Crippen molar-refractivity contribution in [3.05, 3.63) is 179 Å². The number of ether oxygens (including phenoxy) is 5. The maximum atomic E-state index is 12.2. The quantitative estimate of drug-likeness (QED) is 0.131. The molecule has 242 valence electrons. The summed E-state index contributed by atoms with van der Waals surface area (Å²) in [4.78, 5) is 0. The third kappa shape index (κ3) is 9.24. The molecule has 5 aromatic rings. The highest BCUT2D eigenvalue weighted by Gasteiger charge is 2.54. The van der Waals surface area contributed by atoms with Gasteiger partial charge in [0.15, 0.2) is 0 Å². The van der Waals surface area contributed by atoms with Crippen molar-refractivity contribution in [2.45, 2.75) is 69.7 Å². The van der Waals surface area contributed by atoms with Crippen molar-refractivity contribution in [3.8, 4) is 0 Å². The first-order chi connectivity index (χ1) is 23.2. The first kappa shape index (κ1) is 32.8. The van der Waals surface area contributed by atoms with Crippen LogP contribution in [0.5, 0.6) is 0 Å². The zero-order valence-electron chi connectivity index (χ0n) is 26.4. The van der Waals surface area contributed by atoms with Crippen LogP contribution in [0.4, 0.5) is 0 Å². The number of rotatable bonds is 15. The average molecular weight is 631 g/mol. The van der Waals surface area contributed by atoms with Gasteiger partial charge in [-0.1, -0.05) is 152 Å². The molecule has 0 heterocycles. The van der Waals surface area contributed by atoms with Gasteiger partial charge in [0.05, 0.1) is 33.0 Å². The Kier molecular flexibility index (Phi) is 12.0. The standard InChI is InChI=1S/C41H42O6/c42-36-37(43-26-31-16-6-1-7-17-31)39(45-28-33-20-10-3-11-21-33)41(47-30-35-24-14-5-15-25-35)40(46-29-34-22-12-4-13-23-34)38(36)44-27-32-18-8-2-9-19-32/h1-25,36-42H,26-30H2/t36-,37?,38?,39?,40?,41-. The van der Waals surface area contributed by atoms with Crippen molar-refractivity contribution in [3.63, 3.8) is 0 Å². The van der Waals surface area contributed by atoms with Gasteiger partial charge in [0, 0.05) is 0 Å². The minimum Gasteiger partial charge on any atom is -0.387 e. The molecule has 4 atom stereocenters. The molecule has 0 spiro atoms. The van der Waals surface area contributed by atoms with Crippen LogP contribution >= 0.6 is 0 Å². The molecule has 1 saturated carbocycles. The van der Waals surface area contributed by atoms with E-state index in [1.807, 2.05) is 152 Å². The Morgan fingerprint density at radius 1 is 0.298 bits per heavy atom. The Morgan fingerprint density at radius 3 is 0.723 bits per heavy atom. The van der Waals surface area contributed by atoms with Crippen molar-refractivity contribution < 1.29 is 28.8 Å². The normalized spacial score (nSPS) is 22.6. The molecule has 0 bridgehead atoms. The highest BCUT2D eigenvalue weighted by Crippen LogP contribution is 2.35. The average Bonchev–Trinajstić information content (AvgIpc) is 3.14. The SMILES string of the molecule is O[C@H]1C(OCc2ccccc2)C(OCc2ccccc2)[C@H](OCc2ccccc2)C(OCc2ccccc2)C1OCc1ccccc1. The molecule has 5 aromatic carbocycles. The molecule has 1 aliphatic carbocycles. The molecular formula is C41H42O6. The van der Waals surface area contributed by atoms with Gasteiger partial charge in [-0.15, -0.1) is 0 Å². The Bertz CT molecular complexity index is 1470. The predicted molar refractivity (Wildman–Crippen MR) is 181 cm³/mol. The molecule has 0 aromatic heterocycles. The van der Waals surface area contributed by atoms with Gasteiger partial charge in [-0.05, 0) is 27.8 Å². The maximum absolute atomic E-state index is 12.2. The minimum atomic E-state index is -1.07. The first-order valence-corrected chi connectivity index (χ1v) is 16.2. The topological polar surface area (TPSA) is 66.4 Å². The molecule has 47 heavy (non-hydrogen) atoms. The van der Waals surface area contributed by atoms with Crippen LogP contribution < -0.4 is 0 Å². The monoisotopic (exact) mass is 630 g/mol. The Balaban J connectivity index is 1.35. The number of aliphatic hydroxyl groups is 1. The lowest BCUT2D eigenvalue weighted by Crippen LogP contribution is -2.66. The number of aliphatic hydroxyl groups excluding tert-OH is 1. The van der Waals surface area contributed by atoms with Crippen molar-refractivity contribution in [1.82, 2.24) is 0 Å². The highest BCUT2D eigenvalue weighted by molar-refractivity contribution is 5.18. The van der Waals surface area contributed by atoms with Gasteiger partial charge < -0.3 is 28.8 Å². The summed E-state index contributed by atoms with van der Waals surface area (Å²) in [6.07, 6.45) is -4.58. The van der Waals surface area contributed by atoms with Crippen LogP contribution in [0.15, 0.2) is 152 Å². The van der Waals surface area contributed by atoms with Gasteiger partial charge in [0.25, 0.3) is 0 Å². The van der Waals surface area contributed by atoms with E-state index in [9.17, 15) is 5.11 Å². The zero-order chi connectivity index (χ0) is 32.1. The summed E-state index contributed by atoms with van der Waals surface area (Å²) in [6.45, 7) is 1.54. The molecule has 6 rings (SSSR count). The maximum Gasteiger partial charge on any atom is 0.116 e. The number of hydrogen-bond donors (Lipinski definition) is 1. The Hall–Kier alpha value is -4.14. The lowest BCUT2D eigenvalue weighted by molar-refractivity contribution is -0.283. The summed E-state index contributed by atoms with van der Waals surface area (Å²) in [5, 5.41) is 12.2. The highest BCUT2D eigenvalue weighted by atomic mass is 16.6. The molecular weight excluding hydrogens is 588 g/mol. The molecule has 1 N–H and O–H groups in total. The fraction of sp³-hybridized carbons (Fsp3) is 0.268. The second-order valence-electron chi connectivity index (χ2n) is 11.8. The van der Waals surface area contributed by atoms with Gasteiger partial charge >= 0.3 is 0 Å². The fourth-order valence-electron chi connectivity index (χ4n) is 5.93. The molecule has 4 unspecified atom stereocenters. The smallest absolute Gasteiger partial charge is 0.116 e. The van der Waals surface area contributed by atoms with Crippen LogP contribution in [0, 0.1) is 0 Å². The van der Waals surface area contributed by atoms with Gasteiger partial charge in [0.2, 0.25) is 0 Å². The van der Waals surface area contributed by atoms with E-state index in [0.29, 0.717) is 33.0 Å². The molecule has 0 aliphatic heterocycles. The summed E-state index contributed by atoms with van der Waals surface area (Å²) in [6, 6.07) is 49.9. The van der Waals surface area contributed by atoms with E-state index in [0.717, 1.165) is 27.8 Å². The molecule has 0 radical (unpaired) electrons. The van der Waals surface area contributed by atoms with Gasteiger partial charge in [-0.25, -0.2) is 0 Å². The van der Waals surface area contributed by atoms with Crippen LogP contribution in [-0.4, -0.2) is 41.7 Å². The molecule has 0 amide bonds. The van der Waals surface area contributed by atoms with Crippen molar-refractivity contribution in [2.75, 3.05) is 0 Å². The second-order valence-corrected chi connectivity index (χ2v) is 11.8. The lowest BCUT2D eigenvalue weighted by Gasteiger charge is -2.48. The van der Waals surface area contributed by atoms with E-state index >= 15 is 0 Å². The third-order valence-corrected chi connectivity index (χ3v) is 8.39. The summed E-state index contributed by atoms with van der Waals surface area (Å²) >= 11 is 0. The van der Waals surface area contributed by atoms with Crippen molar-refractivity contribution >= 4 is 0 Å². The second kappa shape index (κ2) is 17.1. The Labute approximate surface area is 277 Å². The summed E-state index contributed by atoms with van der Waals surface area (Å²) < 4.78 is 33.3. The van der Waals surface area contributed by atoms with Crippen LogP contribution in [-0.2, 0) is 56.7 Å². The van der Waals surface area contributed by atoms with E-state index in [2.05, 4.69) is 0 Å². The fourth-order valence-corrected chi connectivity index (χ4v) is 5.93. The number of hydrogen-bond acceptors (Lipinski definition) is 6. The summed E-state index contributed by atoms with van der Waals surface area (Å²) in [5.41, 5.74) is 5.02. The van der Waals surface area contributed by atoms with Crippen molar-refractivity contribution in [2.24, 2.45) is 0 Å². The summed E-state index contributed by atoms with van der Waals surface area (Å²) in [7, 11) is 0. The largest absolute Gasteiger partial charge is 0.387 e. The van der Waals surface area contributed by atoms with E-state index in [1.165, 1.54) is 0 Å². The van der Waals surface area contributed by atoms with Crippen LogP contribution in [0.1, 0.15) is 27.8 Å². The zero-order valence-corrected chi connectivity index (χ0v) is 26.4. The van der Waals surface area contributed by atoms with Gasteiger partial charge in [0.1, 0.15) is 36.6 Å². The van der Waals surface area contributed by atoms with Gasteiger partial charge in [-0.2, -0.15) is 0 Å². The molecule has 6 heteroatoms. The first-order valence-electron chi connectivity index (χ1n) is 16.2. The van der Waals surface area contributed by atoms with Crippen LogP contribution in [0.2, 0.25) is 0 Å². The molecule has 1 aliphatic rings. The van der Waals surface area contributed by atoms with Crippen LogP contribution in [0.3, 0.4) is 0 Å². The van der Waals surface area contributed by atoms with E-state index < -0.39 is 36.6 Å². The van der Waals surface area contributed by atoms with E-state index in [-0.39, 0.29) is 0 Å². The predicted octanol–water partition coefficient (Wildman–Crippen LogP) is 7.29. The molecule has 1 fully saturated rings.